The Labute approximate surface area is 213 Å². The fourth-order valence-corrected chi connectivity index (χ4v) is 5.06. The Kier molecular flexibility index (Phi) is 5.48. The Morgan fingerprint density at radius 2 is 1.83 bits per heavy atom. The average Bonchev–Trinajstić information content (AvgIpc) is 3.81. The van der Waals surface area contributed by atoms with Gasteiger partial charge in [-0.3, -0.25) is 14.9 Å². The molecule has 2 aliphatic carbocycles. The molecule has 2 aliphatic rings. The molecule has 10 heteroatoms. The van der Waals surface area contributed by atoms with Crippen LogP contribution in [0.3, 0.4) is 0 Å². The first-order chi connectivity index (χ1) is 17.5. The van der Waals surface area contributed by atoms with E-state index in [0.29, 0.717) is 46.9 Å². The number of benzene rings is 1. The molecule has 2 N–H and O–H groups in total. The molecule has 3 aromatic heterocycles. The van der Waals surface area contributed by atoms with E-state index in [-0.39, 0.29) is 16.9 Å². The molecule has 0 aliphatic heterocycles. The third kappa shape index (κ3) is 3.91. The van der Waals surface area contributed by atoms with E-state index in [1.54, 1.807) is 30.6 Å². The van der Waals surface area contributed by atoms with Crippen LogP contribution in [0.4, 0.5) is 5.82 Å². The number of carbonyl (C=O) groups excluding carboxylic acids is 2. The van der Waals surface area contributed by atoms with Gasteiger partial charge < -0.3 is 19.4 Å². The number of nitrogens with one attached hydrogen (secondary N) is 2. The zero-order chi connectivity index (χ0) is 25.0. The van der Waals surface area contributed by atoms with Crippen molar-refractivity contribution in [2.45, 2.75) is 51.2 Å². The van der Waals surface area contributed by atoms with Gasteiger partial charge in [0.05, 0.1) is 11.8 Å². The average molecular weight is 502 g/mol. The number of hydrogen-bond acceptors (Lipinski definition) is 5. The van der Waals surface area contributed by atoms with Gasteiger partial charge in [-0.1, -0.05) is 18.2 Å². The van der Waals surface area contributed by atoms with Crippen LogP contribution < -0.4 is 10.6 Å². The number of imidazole rings is 1. The van der Waals surface area contributed by atoms with Gasteiger partial charge in [0, 0.05) is 36.6 Å². The topological polar surface area (TPSA) is 97.1 Å². The summed E-state index contributed by atoms with van der Waals surface area (Å²) in [4.78, 5) is 37.8. The van der Waals surface area contributed by atoms with Gasteiger partial charge in [0.15, 0.2) is 10.9 Å². The molecule has 3 heterocycles. The van der Waals surface area contributed by atoms with Crippen LogP contribution >= 0.6 is 12.2 Å². The van der Waals surface area contributed by atoms with Gasteiger partial charge in [0.25, 0.3) is 11.8 Å². The molecule has 0 bridgehead atoms. The van der Waals surface area contributed by atoms with Crippen molar-refractivity contribution >= 4 is 57.0 Å². The standard InChI is InChI=1S/C26H27N7O2S/c1-3-32-19(25(35)33(16-9-10-16)17-11-12-17)13-18-21-20(27-14-31(21)2)22(28-23(18)32)29-26(36)30-24(34)15-7-5-4-6-8-15/h4-8,13-14,16-17H,3,9-12H2,1-2H3,(H2,28,29,30,34,36). The Morgan fingerprint density at radius 1 is 1.14 bits per heavy atom. The van der Waals surface area contributed by atoms with Gasteiger partial charge in [-0.2, -0.15) is 0 Å². The number of nitrogens with zero attached hydrogens (tertiary/aromatic N) is 5. The van der Waals surface area contributed by atoms with Crippen molar-refractivity contribution in [3.63, 3.8) is 0 Å². The monoisotopic (exact) mass is 501 g/mol. The maximum Gasteiger partial charge on any atom is 0.271 e. The molecule has 1 aromatic carbocycles. The largest absolute Gasteiger partial charge is 0.333 e. The summed E-state index contributed by atoms with van der Waals surface area (Å²) in [5.74, 6) is 0.205. The van der Waals surface area contributed by atoms with Crippen molar-refractivity contribution in [2.75, 3.05) is 5.32 Å². The number of aromatic nitrogens is 4. The van der Waals surface area contributed by atoms with Gasteiger partial charge in [-0.05, 0) is 63.0 Å². The van der Waals surface area contributed by atoms with E-state index >= 15 is 0 Å². The van der Waals surface area contributed by atoms with E-state index in [1.807, 2.05) is 35.2 Å². The first-order valence-corrected chi connectivity index (χ1v) is 12.7. The van der Waals surface area contributed by atoms with Gasteiger partial charge in [0.1, 0.15) is 16.9 Å². The van der Waals surface area contributed by atoms with Crippen molar-refractivity contribution in [3.05, 3.63) is 54.0 Å². The van der Waals surface area contributed by atoms with E-state index < -0.39 is 0 Å². The molecule has 36 heavy (non-hydrogen) atoms. The zero-order valence-corrected chi connectivity index (χ0v) is 21.0. The van der Waals surface area contributed by atoms with Gasteiger partial charge in [0.2, 0.25) is 0 Å². The lowest BCUT2D eigenvalue weighted by Crippen LogP contribution is -2.36. The van der Waals surface area contributed by atoms with Crippen LogP contribution in [0.15, 0.2) is 42.7 Å². The molecule has 2 saturated carbocycles. The van der Waals surface area contributed by atoms with Crippen LogP contribution in [0.25, 0.3) is 22.1 Å². The van der Waals surface area contributed by atoms with Crippen molar-refractivity contribution in [1.29, 1.82) is 0 Å². The molecule has 0 radical (unpaired) electrons. The van der Waals surface area contributed by atoms with E-state index in [1.165, 1.54) is 0 Å². The molecule has 0 saturated heterocycles. The van der Waals surface area contributed by atoms with Crippen LogP contribution in [-0.4, -0.2) is 53.0 Å². The molecule has 0 unspecified atom stereocenters. The molecule has 4 aromatic rings. The van der Waals surface area contributed by atoms with Crippen molar-refractivity contribution < 1.29 is 9.59 Å². The molecular weight excluding hydrogens is 474 g/mol. The predicted octanol–water partition coefficient (Wildman–Crippen LogP) is 3.84. The summed E-state index contributed by atoms with van der Waals surface area (Å²) in [5.41, 5.74) is 3.31. The number of fused-ring (bicyclic) bond motifs is 3. The normalized spacial score (nSPS) is 15.3. The maximum absolute atomic E-state index is 13.7. The number of aryl methyl sites for hydroxylation is 2. The first kappa shape index (κ1) is 22.7. The van der Waals surface area contributed by atoms with Crippen LogP contribution in [0.2, 0.25) is 0 Å². The number of rotatable bonds is 6. The molecule has 6 rings (SSSR count). The Morgan fingerprint density at radius 3 is 2.47 bits per heavy atom. The minimum absolute atomic E-state index is 0.0790. The molecule has 0 atom stereocenters. The molecule has 0 spiro atoms. The van der Waals surface area contributed by atoms with Gasteiger partial charge in [-0.25, -0.2) is 9.97 Å². The van der Waals surface area contributed by atoms with Crippen LogP contribution in [0, 0.1) is 0 Å². The third-order valence-electron chi connectivity index (χ3n) is 6.85. The van der Waals surface area contributed by atoms with E-state index in [4.69, 9.17) is 17.2 Å². The quantitative estimate of drug-likeness (QED) is 0.390. The Hall–Kier alpha value is -3.79. The summed E-state index contributed by atoms with van der Waals surface area (Å²) >= 11 is 5.43. The minimum Gasteiger partial charge on any atom is -0.333 e. The Balaban J connectivity index is 1.38. The summed E-state index contributed by atoms with van der Waals surface area (Å²) in [5, 5.41) is 6.77. The minimum atomic E-state index is -0.309. The summed E-state index contributed by atoms with van der Waals surface area (Å²) in [6, 6.07) is 11.6. The van der Waals surface area contributed by atoms with Crippen LogP contribution in [-0.2, 0) is 13.6 Å². The van der Waals surface area contributed by atoms with E-state index in [0.717, 1.165) is 36.6 Å². The molecule has 2 fully saturated rings. The second-order valence-electron chi connectivity index (χ2n) is 9.47. The van der Waals surface area contributed by atoms with Crippen molar-refractivity contribution in [2.24, 2.45) is 7.05 Å². The number of thiocarbonyl (C=S) groups is 1. The highest BCUT2D eigenvalue weighted by molar-refractivity contribution is 7.80. The SMILES string of the molecule is CCn1c(C(=O)N(C2CC2)C2CC2)cc2c3c(ncn3C)c(NC(=S)NC(=O)c3ccccc3)nc21. The zero-order valence-electron chi connectivity index (χ0n) is 20.2. The number of hydrogen-bond donors (Lipinski definition) is 2. The number of pyridine rings is 1. The summed E-state index contributed by atoms with van der Waals surface area (Å²) in [6.45, 7) is 2.61. The summed E-state index contributed by atoms with van der Waals surface area (Å²) < 4.78 is 3.89. The number of carbonyl (C=O) groups is 2. The second kappa shape index (κ2) is 8.70. The van der Waals surface area contributed by atoms with Gasteiger partial charge in [-0.15, -0.1) is 0 Å². The Bertz CT molecular complexity index is 1500. The van der Waals surface area contributed by atoms with Gasteiger partial charge >= 0.3 is 0 Å². The fraction of sp³-hybridized carbons (Fsp3) is 0.346. The second-order valence-corrected chi connectivity index (χ2v) is 9.88. The smallest absolute Gasteiger partial charge is 0.271 e. The van der Waals surface area contributed by atoms with Crippen molar-refractivity contribution in [1.82, 2.24) is 29.3 Å². The maximum atomic E-state index is 13.7. The number of anilines is 1. The number of amides is 2. The van der Waals surface area contributed by atoms with Crippen molar-refractivity contribution in [3.8, 4) is 0 Å². The third-order valence-corrected chi connectivity index (χ3v) is 7.05. The highest BCUT2D eigenvalue weighted by Gasteiger charge is 2.43. The molecule has 184 valence electrons. The molecular formula is C26H27N7O2S. The van der Waals surface area contributed by atoms with Crippen LogP contribution in [0.1, 0.15) is 53.5 Å². The lowest BCUT2D eigenvalue weighted by molar-refractivity contribution is 0.0719. The van der Waals surface area contributed by atoms with Crippen LogP contribution in [0.5, 0.6) is 0 Å². The highest BCUT2D eigenvalue weighted by atomic mass is 32.1. The lowest BCUT2D eigenvalue weighted by Gasteiger charge is -2.22. The summed E-state index contributed by atoms with van der Waals surface area (Å²) in [6.07, 6.45) is 6.05. The predicted molar refractivity (Wildman–Crippen MR) is 142 cm³/mol. The highest BCUT2D eigenvalue weighted by Crippen LogP contribution is 2.39. The van der Waals surface area contributed by atoms with E-state index in [2.05, 4.69) is 20.5 Å². The summed E-state index contributed by atoms with van der Waals surface area (Å²) in [7, 11) is 1.92. The molecule has 9 nitrogen and oxygen atoms in total. The fourth-order valence-electron chi connectivity index (χ4n) is 4.87. The van der Waals surface area contributed by atoms with E-state index in [9.17, 15) is 9.59 Å². The first-order valence-electron chi connectivity index (χ1n) is 12.3. The lowest BCUT2D eigenvalue weighted by atomic mass is 10.2. The molecule has 2 amide bonds.